The molecule has 2 nitrogen and oxygen atoms in total. The number of alkyl halides is 2. The zero-order valence-electron chi connectivity index (χ0n) is 8.38. The third-order valence-corrected chi connectivity index (χ3v) is 5.48. The van der Waals surface area contributed by atoms with E-state index in [2.05, 4.69) is 0 Å². The van der Waals surface area contributed by atoms with Crippen molar-refractivity contribution >= 4 is 0 Å². The van der Waals surface area contributed by atoms with Gasteiger partial charge in [0.25, 0.3) is 0 Å². The predicted molar refractivity (Wildman–Crippen MR) is 47.4 cm³/mol. The number of rotatable bonds is 0. The van der Waals surface area contributed by atoms with Crippen LogP contribution >= 0.6 is 0 Å². The summed E-state index contributed by atoms with van der Waals surface area (Å²) in [4.78, 5) is 0. The quantitative estimate of drug-likeness (QED) is 0.412. The summed E-state index contributed by atoms with van der Waals surface area (Å²) in [5, 5.41) is 0. The van der Waals surface area contributed by atoms with Crippen molar-refractivity contribution in [2.24, 2.45) is 0 Å². The van der Waals surface area contributed by atoms with Gasteiger partial charge in [-0.25, -0.2) is 0 Å². The van der Waals surface area contributed by atoms with Crippen LogP contribution in [-0.4, -0.2) is 26.9 Å². The van der Waals surface area contributed by atoms with Crippen LogP contribution in [0.15, 0.2) is 0 Å². The van der Waals surface area contributed by atoms with E-state index in [0.29, 0.717) is 33.4 Å². The summed E-state index contributed by atoms with van der Waals surface area (Å²) >= 11 is 0.478. The monoisotopic (exact) mass is 297 g/mol. The van der Waals surface area contributed by atoms with Crippen LogP contribution in [0.5, 0.6) is 0 Å². The minimum absolute atomic E-state index is 0.321. The van der Waals surface area contributed by atoms with Crippen LogP contribution in [0.1, 0.15) is 33.1 Å². The van der Waals surface area contributed by atoms with Gasteiger partial charge in [-0.3, -0.25) is 0 Å². The Labute approximate surface area is 90.6 Å². The van der Waals surface area contributed by atoms with Crippen LogP contribution in [0.2, 0.25) is 0 Å². The Bertz CT molecular complexity index is 164. The molecule has 0 radical (unpaired) electrons. The number of fused-ring (bicyclic) bond motifs is 1. The molecule has 0 spiro atoms. The van der Waals surface area contributed by atoms with E-state index in [0.717, 1.165) is 0 Å². The van der Waals surface area contributed by atoms with Crippen molar-refractivity contribution in [3.8, 4) is 0 Å². The summed E-state index contributed by atoms with van der Waals surface area (Å²) in [6, 6.07) is 0. The van der Waals surface area contributed by atoms with Crippen molar-refractivity contribution in [2.75, 3.05) is 8.86 Å². The molecule has 0 aromatic carbocycles. The first-order chi connectivity index (χ1) is 6.17. The summed E-state index contributed by atoms with van der Waals surface area (Å²) in [6.45, 7) is 4.07. The molecule has 0 amide bonds. The topological polar surface area (TPSA) is 18.5 Å². The minimum atomic E-state index is -0.321. The van der Waals surface area contributed by atoms with Crippen LogP contribution in [0.25, 0.3) is 0 Å². The fourth-order valence-corrected chi connectivity index (χ4v) is 4.62. The van der Waals surface area contributed by atoms with E-state index in [-0.39, 0.29) is 5.79 Å². The first-order valence-corrected chi connectivity index (χ1v) is 8.12. The maximum atomic E-state index is 5.88. The van der Waals surface area contributed by atoms with E-state index >= 15 is 0 Å². The van der Waals surface area contributed by atoms with Gasteiger partial charge in [0.2, 0.25) is 0 Å². The second-order valence-electron chi connectivity index (χ2n) is 4.21. The molecule has 2 rings (SSSR count). The van der Waals surface area contributed by atoms with Gasteiger partial charge in [-0.05, 0) is 0 Å². The van der Waals surface area contributed by atoms with E-state index in [1.807, 2.05) is 13.8 Å². The summed E-state index contributed by atoms with van der Waals surface area (Å²) in [5.41, 5.74) is 0. The average Bonchev–Trinajstić information content (AvgIpc) is 2.27. The molecule has 0 aromatic rings. The molecule has 13 heavy (non-hydrogen) atoms. The van der Waals surface area contributed by atoms with Gasteiger partial charge in [-0.2, -0.15) is 0 Å². The standard InChI is InChI=1S/C10H18IO2/c1-10(2)12-8-4-3-6-11-7-5-9(8)13-10/h8-9H,3-7H2,1-2H3/q-1. The molecule has 3 heteroatoms. The van der Waals surface area contributed by atoms with E-state index < -0.39 is 0 Å². The number of ether oxygens (including phenoxy) is 2. The van der Waals surface area contributed by atoms with Gasteiger partial charge in [0, 0.05) is 0 Å². The Morgan fingerprint density at radius 3 is 2.54 bits per heavy atom. The molecule has 0 bridgehead atoms. The van der Waals surface area contributed by atoms with Crippen molar-refractivity contribution in [3.63, 3.8) is 0 Å². The number of halogens is 1. The Kier molecular flexibility index (Phi) is 3.15. The van der Waals surface area contributed by atoms with E-state index in [1.165, 1.54) is 28.1 Å². The Balaban J connectivity index is 1.98. The van der Waals surface area contributed by atoms with Gasteiger partial charge in [-0.1, -0.05) is 0 Å². The Hall–Kier alpha value is 0.650. The summed E-state index contributed by atoms with van der Waals surface area (Å²) < 4.78 is 14.7. The molecule has 2 unspecified atom stereocenters. The molecule has 0 aliphatic carbocycles. The van der Waals surface area contributed by atoms with Crippen LogP contribution < -0.4 is 21.2 Å². The molecule has 2 heterocycles. The molecule has 2 saturated heterocycles. The first kappa shape index (κ1) is 10.2. The molecule has 0 saturated carbocycles. The van der Waals surface area contributed by atoms with E-state index in [4.69, 9.17) is 9.47 Å². The summed E-state index contributed by atoms with van der Waals surface area (Å²) in [7, 11) is 0. The molecular weight excluding hydrogens is 279 g/mol. The fourth-order valence-electron chi connectivity index (χ4n) is 2.05. The second kappa shape index (κ2) is 4.03. The fraction of sp³-hybridized carbons (Fsp3) is 1.00. The zero-order chi connectivity index (χ0) is 9.31. The van der Waals surface area contributed by atoms with Gasteiger partial charge in [0.05, 0.1) is 0 Å². The van der Waals surface area contributed by atoms with Crippen molar-refractivity contribution < 1.29 is 30.7 Å². The molecule has 2 atom stereocenters. The third-order valence-electron chi connectivity index (χ3n) is 2.57. The molecular formula is C10H18IO2-. The van der Waals surface area contributed by atoms with Crippen molar-refractivity contribution in [1.29, 1.82) is 0 Å². The molecule has 0 N–H and O–H groups in total. The molecule has 2 fully saturated rings. The van der Waals surface area contributed by atoms with Crippen molar-refractivity contribution in [3.05, 3.63) is 0 Å². The SMILES string of the molecule is CC1(C)OC2CCC[I-]CCC2O1. The molecule has 78 valence electrons. The number of hydrogen-bond acceptors (Lipinski definition) is 2. The van der Waals surface area contributed by atoms with Crippen molar-refractivity contribution in [1.82, 2.24) is 0 Å². The number of hydrogen-bond donors (Lipinski definition) is 0. The summed E-state index contributed by atoms with van der Waals surface area (Å²) in [5.74, 6) is -0.321. The van der Waals surface area contributed by atoms with E-state index in [1.54, 1.807) is 0 Å². The van der Waals surface area contributed by atoms with Gasteiger partial charge < -0.3 is 0 Å². The normalized spacial score (nSPS) is 39.8. The molecule has 0 aromatic heterocycles. The molecule has 2 aliphatic heterocycles. The van der Waals surface area contributed by atoms with Gasteiger partial charge >= 0.3 is 90.6 Å². The predicted octanol–water partition coefficient (Wildman–Crippen LogP) is -1.22. The van der Waals surface area contributed by atoms with Crippen LogP contribution in [0, 0.1) is 0 Å². The van der Waals surface area contributed by atoms with Gasteiger partial charge in [-0.15, -0.1) is 0 Å². The second-order valence-corrected chi connectivity index (χ2v) is 7.45. The van der Waals surface area contributed by atoms with E-state index in [9.17, 15) is 0 Å². The average molecular weight is 297 g/mol. The van der Waals surface area contributed by atoms with Crippen LogP contribution in [-0.2, 0) is 9.47 Å². The van der Waals surface area contributed by atoms with Crippen molar-refractivity contribution in [2.45, 2.75) is 51.1 Å². The first-order valence-electron chi connectivity index (χ1n) is 5.06. The molecule has 2 aliphatic rings. The van der Waals surface area contributed by atoms with Gasteiger partial charge in [0.1, 0.15) is 0 Å². The maximum absolute atomic E-state index is 5.88. The van der Waals surface area contributed by atoms with Gasteiger partial charge in [0.15, 0.2) is 0 Å². The third kappa shape index (κ3) is 2.57. The summed E-state index contributed by atoms with van der Waals surface area (Å²) in [6.07, 6.45) is 4.60. The van der Waals surface area contributed by atoms with Crippen LogP contribution in [0.4, 0.5) is 0 Å². The Morgan fingerprint density at radius 1 is 1.08 bits per heavy atom. The zero-order valence-corrected chi connectivity index (χ0v) is 10.5. The Morgan fingerprint density at radius 2 is 1.77 bits per heavy atom. The van der Waals surface area contributed by atoms with Crippen LogP contribution in [0.3, 0.4) is 0 Å².